The molecule has 2 aliphatic heterocycles. The van der Waals surface area contributed by atoms with Gasteiger partial charge in [-0.15, -0.1) is 0 Å². The van der Waals surface area contributed by atoms with Crippen molar-refractivity contribution >= 4 is 15.7 Å². The number of rotatable bonds is 1. The topological polar surface area (TPSA) is 83.9 Å². The Labute approximate surface area is 198 Å². The largest absolute Gasteiger partial charge is 0.508 e. The molecule has 3 aliphatic carbocycles. The second-order valence-electron chi connectivity index (χ2n) is 12.4. The van der Waals surface area contributed by atoms with Crippen molar-refractivity contribution in [2.75, 3.05) is 32.1 Å². The van der Waals surface area contributed by atoms with Crippen molar-refractivity contribution in [3.63, 3.8) is 0 Å². The van der Waals surface area contributed by atoms with Gasteiger partial charge in [-0.25, -0.2) is 8.42 Å². The van der Waals surface area contributed by atoms with Crippen molar-refractivity contribution in [3.8, 4) is 0 Å². The minimum atomic E-state index is -3.52. The molecule has 33 heavy (non-hydrogen) atoms. The van der Waals surface area contributed by atoms with Crippen LogP contribution in [0.4, 0.5) is 0 Å². The number of carbonyl (C=O) groups excluding carboxylic acids is 1. The summed E-state index contributed by atoms with van der Waals surface area (Å²) in [6.07, 6.45) is 8.39. The highest BCUT2D eigenvalue weighted by molar-refractivity contribution is 7.92. The van der Waals surface area contributed by atoms with E-state index >= 15 is 0 Å². The molecule has 7 heteroatoms. The highest BCUT2D eigenvalue weighted by Crippen LogP contribution is 2.69. The van der Waals surface area contributed by atoms with Crippen molar-refractivity contribution in [2.24, 2.45) is 34.0 Å². The van der Waals surface area contributed by atoms with Gasteiger partial charge in [-0.2, -0.15) is 0 Å². The maximum Gasteiger partial charge on any atom is 0.250 e. The van der Waals surface area contributed by atoms with E-state index in [1.807, 2.05) is 0 Å². The van der Waals surface area contributed by atoms with Gasteiger partial charge in [0.2, 0.25) is 5.91 Å². The number of nitrogens with zero attached hydrogens (tertiary/aromatic N) is 1. The van der Waals surface area contributed by atoms with Gasteiger partial charge in [0.25, 0.3) is 0 Å². The standard InChI is InChI=1S/C26H39NO5S/c1-24(2)7-5-8-25(3)20(24)6-9-26(4)21(25)16-33(30,31)19-15-17(28)14-18(22(19)26)23(29)27-10-12-32-13-11-27/h14-15,19-22,28H,5-13,16H2,1-4H3/t19?,20-,21+,22?,25-,26+/m0/s1. The minimum Gasteiger partial charge on any atom is -0.508 e. The molecule has 184 valence electrons. The average molecular weight is 478 g/mol. The van der Waals surface area contributed by atoms with Gasteiger partial charge in [-0.05, 0) is 65.9 Å². The van der Waals surface area contributed by atoms with Crippen LogP contribution in [0.1, 0.15) is 59.8 Å². The van der Waals surface area contributed by atoms with Gasteiger partial charge in [-0.3, -0.25) is 4.79 Å². The van der Waals surface area contributed by atoms with Gasteiger partial charge < -0.3 is 14.7 Å². The molecule has 0 radical (unpaired) electrons. The molecule has 0 aromatic carbocycles. The Hall–Kier alpha value is -1.34. The first-order chi connectivity index (χ1) is 15.4. The molecule has 2 unspecified atom stereocenters. The van der Waals surface area contributed by atoms with E-state index < -0.39 is 21.0 Å². The summed E-state index contributed by atoms with van der Waals surface area (Å²) >= 11 is 0. The zero-order valence-corrected chi connectivity index (χ0v) is 21.3. The van der Waals surface area contributed by atoms with E-state index in [4.69, 9.17) is 4.74 Å². The van der Waals surface area contributed by atoms with Crippen molar-refractivity contribution in [2.45, 2.75) is 65.0 Å². The molecule has 0 aromatic heterocycles. The molecule has 1 N–H and O–H groups in total. The number of hydrogen-bond donors (Lipinski definition) is 1. The van der Waals surface area contributed by atoms with E-state index in [2.05, 4.69) is 27.7 Å². The van der Waals surface area contributed by atoms with E-state index in [0.29, 0.717) is 37.8 Å². The highest BCUT2D eigenvalue weighted by Gasteiger charge is 2.66. The summed E-state index contributed by atoms with van der Waals surface area (Å²) in [5.41, 5.74) is 0.305. The van der Waals surface area contributed by atoms with Crippen LogP contribution < -0.4 is 0 Å². The lowest BCUT2D eigenvalue weighted by atomic mass is 9.41. The van der Waals surface area contributed by atoms with E-state index in [1.165, 1.54) is 12.5 Å². The van der Waals surface area contributed by atoms with Gasteiger partial charge in [0.1, 0.15) is 5.76 Å². The zero-order chi connectivity index (χ0) is 23.8. The van der Waals surface area contributed by atoms with E-state index in [1.54, 1.807) is 11.0 Å². The fourth-order valence-electron chi connectivity index (χ4n) is 8.71. The van der Waals surface area contributed by atoms with Crippen LogP contribution in [-0.2, 0) is 19.4 Å². The highest BCUT2D eigenvalue weighted by atomic mass is 32.2. The molecule has 1 amide bonds. The summed E-state index contributed by atoms with van der Waals surface area (Å²) in [4.78, 5) is 15.5. The van der Waals surface area contributed by atoms with E-state index in [9.17, 15) is 18.3 Å². The lowest BCUT2D eigenvalue weighted by molar-refractivity contribution is -0.144. The summed E-state index contributed by atoms with van der Waals surface area (Å²) < 4.78 is 32.9. The van der Waals surface area contributed by atoms with Crippen LogP contribution in [-0.4, -0.2) is 61.6 Å². The Morgan fingerprint density at radius 3 is 2.45 bits per heavy atom. The molecule has 2 saturated carbocycles. The van der Waals surface area contributed by atoms with Gasteiger partial charge in [0.15, 0.2) is 9.84 Å². The molecule has 0 aromatic rings. The number of fused-ring (bicyclic) bond motifs is 5. The smallest absolute Gasteiger partial charge is 0.250 e. The van der Waals surface area contributed by atoms with Crippen molar-refractivity contribution in [3.05, 3.63) is 23.5 Å². The Kier molecular flexibility index (Phi) is 5.37. The Bertz CT molecular complexity index is 1010. The maximum absolute atomic E-state index is 13.8. The molecule has 6 atom stereocenters. The van der Waals surface area contributed by atoms with Crippen LogP contribution >= 0.6 is 0 Å². The zero-order valence-electron chi connectivity index (χ0n) is 20.5. The van der Waals surface area contributed by atoms with Gasteiger partial charge in [0.05, 0.1) is 24.2 Å². The number of morpholine rings is 1. The molecular formula is C26H39NO5S. The third-order valence-electron chi connectivity index (χ3n) is 10.2. The van der Waals surface area contributed by atoms with Crippen LogP contribution in [0.25, 0.3) is 0 Å². The molecule has 0 bridgehead atoms. The lowest BCUT2D eigenvalue weighted by Crippen LogP contribution is -2.64. The predicted molar refractivity (Wildman–Crippen MR) is 127 cm³/mol. The minimum absolute atomic E-state index is 0.00380. The first kappa shape index (κ1) is 23.4. The van der Waals surface area contributed by atoms with Crippen LogP contribution in [0.5, 0.6) is 0 Å². The maximum atomic E-state index is 13.8. The molecule has 5 aliphatic rings. The monoisotopic (exact) mass is 477 g/mol. The molecular weight excluding hydrogens is 438 g/mol. The number of hydrogen-bond acceptors (Lipinski definition) is 5. The fraction of sp³-hybridized carbons (Fsp3) is 0.808. The average Bonchev–Trinajstić information content (AvgIpc) is 2.74. The summed E-state index contributed by atoms with van der Waals surface area (Å²) in [5, 5.41) is 9.68. The lowest BCUT2D eigenvalue weighted by Gasteiger charge is -2.66. The second-order valence-corrected chi connectivity index (χ2v) is 14.6. The number of ether oxygens (including phenoxy) is 1. The van der Waals surface area contributed by atoms with Gasteiger partial charge >= 0.3 is 0 Å². The van der Waals surface area contributed by atoms with Crippen LogP contribution in [0.2, 0.25) is 0 Å². The molecule has 5 rings (SSSR count). The number of aliphatic hydroxyl groups is 1. The predicted octanol–water partition coefficient (Wildman–Crippen LogP) is 3.89. The van der Waals surface area contributed by atoms with Crippen LogP contribution in [0.3, 0.4) is 0 Å². The Morgan fingerprint density at radius 2 is 1.76 bits per heavy atom. The summed E-state index contributed by atoms with van der Waals surface area (Å²) in [7, 11) is -3.52. The fourth-order valence-corrected chi connectivity index (χ4v) is 11.4. The normalized spacial score (nSPS) is 43.9. The van der Waals surface area contributed by atoms with E-state index in [-0.39, 0.29) is 39.6 Å². The third-order valence-corrected chi connectivity index (χ3v) is 12.2. The quantitative estimate of drug-likeness (QED) is 0.619. The number of carbonyl (C=O) groups is 1. The van der Waals surface area contributed by atoms with Crippen LogP contribution in [0, 0.1) is 34.0 Å². The molecule has 4 fully saturated rings. The first-order valence-corrected chi connectivity index (χ1v) is 14.3. The van der Waals surface area contributed by atoms with Crippen molar-refractivity contribution in [1.29, 1.82) is 0 Å². The second kappa shape index (κ2) is 7.58. The molecule has 2 saturated heterocycles. The molecule has 6 nitrogen and oxygen atoms in total. The Morgan fingerprint density at radius 1 is 1.06 bits per heavy atom. The summed E-state index contributed by atoms with van der Waals surface area (Å²) in [6, 6.07) is 0. The molecule has 2 heterocycles. The van der Waals surface area contributed by atoms with Gasteiger partial charge in [-0.1, -0.05) is 34.1 Å². The van der Waals surface area contributed by atoms with Gasteiger partial charge in [0, 0.05) is 24.6 Å². The summed E-state index contributed by atoms with van der Waals surface area (Å²) in [6.45, 7) is 11.3. The Balaban J connectivity index is 1.61. The van der Waals surface area contributed by atoms with Crippen molar-refractivity contribution < 1.29 is 23.1 Å². The number of amides is 1. The van der Waals surface area contributed by atoms with Crippen LogP contribution in [0.15, 0.2) is 23.5 Å². The van der Waals surface area contributed by atoms with Crippen molar-refractivity contribution in [1.82, 2.24) is 4.90 Å². The number of sulfone groups is 1. The van der Waals surface area contributed by atoms with E-state index in [0.717, 1.165) is 25.7 Å². The number of aliphatic hydroxyl groups excluding tert-OH is 1. The molecule has 0 spiro atoms. The number of allylic oxidation sites excluding steroid dienone is 1. The third kappa shape index (κ3) is 3.43. The SMILES string of the molecule is CC1(C)CCC[C@]2(C)[C@H]3CS(=O)(=O)C4C=C(O)C=C(C(=O)N5CCOCC5)C4[C@]3(C)CC[C@@H]12. The first-order valence-electron chi connectivity index (χ1n) is 12.6. The summed E-state index contributed by atoms with van der Waals surface area (Å²) in [5.74, 6) is -0.0207.